The SMILES string of the molecule is CCNC(=NCc1cccc(OCC(C)C)c1)NC1CCc2nc(COC)nn2C1. The lowest BCUT2D eigenvalue weighted by molar-refractivity contribution is 0.177. The summed E-state index contributed by atoms with van der Waals surface area (Å²) in [5, 5.41) is 11.4. The molecule has 0 saturated carbocycles. The van der Waals surface area contributed by atoms with Crippen LogP contribution in [-0.2, 0) is 30.9 Å². The molecule has 1 aliphatic rings. The van der Waals surface area contributed by atoms with Crippen LogP contribution >= 0.6 is 0 Å². The van der Waals surface area contributed by atoms with E-state index in [1.54, 1.807) is 7.11 Å². The predicted molar refractivity (Wildman–Crippen MR) is 118 cm³/mol. The van der Waals surface area contributed by atoms with Crippen molar-refractivity contribution in [3.8, 4) is 5.75 Å². The summed E-state index contributed by atoms with van der Waals surface area (Å²) < 4.78 is 13.0. The van der Waals surface area contributed by atoms with Crippen molar-refractivity contribution < 1.29 is 9.47 Å². The maximum Gasteiger partial charge on any atom is 0.191 e. The first kappa shape index (κ1) is 22.1. The van der Waals surface area contributed by atoms with Gasteiger partial charge in [0.15, 0.2) is 11.8 Å². The predicted octanol–water partition coefficient (Wildman–Crippen LogP) is 2.53. The Balaban J connectivity index is 1.60. The van der Waals surface area contributed by atoms with Crippen molar-refractivity contribution in [3.63, 3.8) is 0 Å². The number of aryl methyl sites for hydroxylation is 1. The van der Waals surface area contributed by atoms with E-state index in [2.05, 4.69) is 53.6 Å². The fourth-order valence-electron chi connectivity index (χ4n) is 3.35. The number of methoxy groups -OCH3 is 1. The first-order valence-electron chi connectivity index (χ1n) is 10.8. The van der Waals surface area contributed by atoms with Gasteiger partial charge in [0.2, 0.25) is 0 Å². The van der Waals surface area contributed by atoms with Gasteiger partial charge in [-0.3, -0.25) is 0 Å². The lowest BCUT2D eigenvalue weighted by atomic mass is 10.1. The number of guanidine groups is 1. The van der Waals surface area contributed by atoms with Gasteiger partial charge >= 0.3 is 0 Å². The van der Waals surface area contributed by atoms with Crippen LogP contribution < -0.4 is 15.4 Å². The minimum atomic E-state index is 0.258. The van der Waals surface area contributed by atoms with Crippen LogP contribution in [-0.4, -0.2) is 47.0 Å². The van der Waals surface area contributed by atoms with Crippen molar-refractivity contribution in [1.82, 2.24) is 25.4 Å². The molecule has 0 bridgehead atoms. The average molecular weight is 415 g/mol. The van der Waals surface area contributed by atoms with Gasteiger partial charge in [-0.05, 0) is 37.0 Å². The van der Waals surface area contributed by atoms with Crippen molar-refractivity contribution in [3.05, 3.63) is 41.5 Å². The van der Waals surface area contributed by atoms with E-state index in [4.69, 9.17) is 14.5 Å². The number of fused-ring (bicyclic) bond motifs is 1. The highest BCUT2D eigenvalue weighted by atomic mass is 16.5. The second-order valence-electron chi connectivity index (χ2n) is 7.99. The van der Waals surface area contributed by atoms with E-state index in [0.29, 0.717) is 19.1 Å². The summed E-state index contributed by atoms with van der Waals surface area (Å²) in [5.74, 6) is 3.99. The molecule has 8 heteroatoms. The Morgan fingerprint density at radius 1 is 1.37 bits per heavy atom. The molecule has 30 heavy (non-hydrogen) atoms. The Morgan fingerprint density at radius 2 is 2.23 bits per heavy atom. The van der Waals surface area contributed by atoms with E-state index in [9.17, 15) is 0 Å². The third kappa shape index (κ3) is 6.45. The molecule has 1 atom stereocenters. The van der Waals surface area contributed by atoms with E-state index in [1.807, 2.05) is 16.8 Å². The number of hydrogen-bond acceptors (Lipinski definition) is 5. The highest BCUT2D eigenvalue weighted by Crippen LogP contribution is 2.16. The van der Waals surface area contributed by atoms with Gasteiger partial charge in [-0.1, -0.05) is 26.0 Å². The molecule has 1 unspecified atom stereocenters. The molecule has 3 rings (SSSR count). The zero-order valence-corrected chi connectivity index (χ0v) is 18.5. The molecule has 0 amide bonds. The summed E-state index contributed by atoms with van der Waals surface area (Å²) in [6.45, 7) is 9.70. The molecule has 1 aromatic heterocycles. The highest BCUT2D eigenvalue weighted by molar-refractivity contribution is 5.80. The molecule has 164 valence electrons. The molecular weight excluding hydrogens is 380 g/mol. The second kappa shape index (κ2) is 11.0. The summed E-state index contributed by atoms with van der Waals surface area (Å²) in [6.07, 6.45) is 1.89. The Morgan fingerprint density at radius 3 is 3.00 bits per heavy atom. The number of nitrogens with zero attached hydrogens (tertiary/aromatic N) is 4. The van der Waals surface area contributed by atoms with Crippen LogP contribution in [0.25, 0.3) is 0 Å². The monoisotopic (exact) mass is 414 g/mol. The summed E-state index contributed by atoms with van der Waals surface area (Å²) in [4.78, 5) is 9.32. The van der Waals surface area contributed by atoms with Gasteiger partial charge in [-0.2, -0.15) is 5.10 Å². The van der Waals surface area contributed by atoms with Crippen molar-refractivity contribution >= 4 is 5.96 Å². The molecule has 0 saturated heterocycles. The van der Waals surface area contributed by atoms with E-state index in [0.717, 1.165) is 61.5 Å². The zero-order chi connectivity index (χ0) is 21.3. The van der Waals surface area contributed by atoms with Crippen molar-refractivity contribution in [2.75, 3.05) is 20.3 Å². The zero-order valence-electron chi connectivity index (χ0n) is 18.5. The smallest absolute Gasteiger partial charge is 0.191 e. The summed E-state index contributed by atoms with van der Waals surface area (Å²) in [7, 11) is 1.66. The van der Waals surface area contributed by atoms with E-state index >= 15 is 0 Å². The van der Waals surface area contributed by atoms with Crippen molar-refractivity contribution in [2.24, 2.45) is 10.9 Å². The van der Waals surface area contributed by atoms with Gasteiger partial charge in [-0.25, -0.2) is 14.7 Å². The average Bonchev–Trinajstić information content (AvgIpc) is 3.13. The first-order chi connectivity index (χ1) is 14.6. The Kier molecular flexibility index (Phi) is 8.07. The molecule has 2 heterocycles. The number of benzene rings is 1. The highest BCUT2D eigenvalue weighted by Gasteiger charge is 2.22. The summed E-state index contributed by atoms with van der Waals surface area (Å²) in [6, 6.07) is 8.41. The summed E-state index contributed by atoms with van der Waals surface area (Å²) >= 11 is 0. The second-order valence-corrected chi connectivity index (χ2v) is 7.99. The molecule has 0 radical (unpaired) electrons. The van der Waals surface area contributed by atoms with Gasteiger partial charge in [0.05, 0.1) is 19.7 Å². The van der Waals surface area contributed by atoms with Crippen LogP contribution in [0.2, 0.25) is 0 Å². The van der Waals surface area contributed by atoms with E-state index in [1.165, 1.54) is 0 Å². The standard InChI is InChI=1S/C22H34N6O2/c1-5-23-22(24-12-17-7-6-8-19(11-17)30-14-16(2)3)25-18-9-10-21-26-20(15-29-4)27-28(21)13-18/h6-8,11,16,18H,5,9-10,12-15H2,1-4H3,(H2,23,24,25). The van der Waals surface area contributed by atoms with Gasteiger partial charge in [0, 0.05) is 26.1 Å². The van der Waals surface area contributed by atoms with Crippen LogP contribution in [0.5, 0.6) is 5.75 Å². The van der Waals surface area contributed by atoms with Crippen molar-refractivity contribution in [2.45, 2.75) is 59.4 Å². The first-order valence-corrected chi connectivity index (χ1v) is 10.8. The Labute approximate surface area is 179 Å². The molecule has 2 aromatic rings. The van der Waals surface area contributed by atoms with Crippen LogP contribution in [0.3, 0.4) is 0 Å². The molecule has 0 aliphatic carbocycles. The number of nitrogens with one attached hydrogen (secondary N) is 2. The maximum atomic E-state index is 5.83. The van der Waals surface area contributed by atoms with Crippen LogP contribution in [0.15, 0.2) is 29.3 Å². The number of hydrogen-bond donors (Lipinski definition) is 2. The van der Waals surface area contributed by atoms with Crippen LogP contribution in [0.1, 0.15) is 44.4 Å². The molecule has 8 nitrogen and oxygen atoms in total. The van der Waals surface area contributed by atoms with E-state index < -0.39 is 0 Å². The minimum absolute atomic E-state index is 0.258. The molecule has 0 spiro atoms. The third-order valence-corrected chi connectivity index (χ3v) is 4.76. The molecule has 2 N–H and O–H groups in total. The van der Waals surface area contributed by atoms with E-state index in [-0.39, 0.29) is 6.04 Å². The fourth-order valence-corrected chi connectivity index (χ4v) is 3.35. The third-order valence-electron chi connectivity index (χ3n) is 4.76. The largest absolute Gasteiger partial charge is 0.493 e. The number of aliphatic imine (C=N–C) groups is 1. The number of rotatable bonds is 9. The van der Waals surface area contributed by atoms with Gasteiger partial charge in [-0.15, -0.1) is 0 Å². The maximum absolute atomic E-state index is 5.83. The Bertz CT molecular complexity index is 833. The topological polar surface area (TPSA) is 85.6 Å². The van der Waals surface area contributed by atoms with Gasteiger partial charge in [0.1, 0.15) is 18.2 Å². The number of ether oxygens (including phenoxy) is 2. The quantitative estimate of drug-likeness (QED) is 0.484. The van der Waals surface area contributed by atoms with Crippen LogP contribution in [0.4, 0.5) is 0 Å². The molecule has 1 aromatic carbocycles. The number of aromatic nitrogens is 3. The summed E-state index contributed by atoms with van der Waals surface area (Å²) in [5.41, 5.74) is 1.12. The Hall–Kier alpha value is -2.61. The fraction of sp³-hybridized carbons (Fsp3) is 0.591. The molecular formula is C22H34N6O2. The van der Waals surface area contributed by atoms with Crippen LogP contribution in [0, 0.1) is 5.92 Å². The molecule has 1 aliphatic heterocycles. The lowest BCUT2D eigenvalue weighted by Crippen LogP contribution is -2.47. The van der Waals surface area contributed by atoms with Gasteiger partial charge < -0.3 is 20.1 Å². The minimum Gasteiger partial charge on any atom is -0.493 e. The lowest BCUT2D eigenvalue weighted by Gasteiger charge is -2.25. The van der Waals surface area contributed by atoms with Crippen molar-refractivity contribution in [1.29, 1.82) is 0 Å². The molecule has 0 fully saturated rings. The normalized spacial score (nSPS) is 16.4. The van der Waals surface area contributed by atoms with Gasteiger partial charge in [0.25, 0.3) is 0 Å².